The van der Waals surface area contributed by atoms with Crippen molar-refractivity contribution in [3.63, 3.8) is 0 Å². The molecule has 0 atom stereocenters. The molecule has 5 nitrogen and oxygen atoms in total. The van der Waals surface area contributed by atoms with E-state index in [-0.39, 0.29) is 18.0 Å². The predicted octanol–water partition coefficient (Wildman–Crippen LogP) is 2.06. The van der Waals surface area contributed by atoms with Crippen molar-refractivity contribution in [1.29, 1.82) is 0 Å². The molecule has 0 aliphatic carbocycles. The molecular formula is C17H18N2O3S. The number of nitrogens with zero attached hydrogens (tertiary/aromatic N) is 1. The second kappa shape index (κ2) is 7.77. The fourth-order valence-electron chi connectivity index (χ4n) is 1.76. The van der Waals surface area contributed by atoms with Gasteiger partial charge in [0.25, 0.3) is 0 Å². The van der Waals surface area contributed by atoms with Gasteiger partial charge >= 0.3 is 0 Å². The molecule has 0 bridgehead atoms. The van der Waals surface area contributed by atoms with Gasteiger partial charge in [0.2, 0.25) is 10.0 Å². The van der Waals surface area contributed by atoms with E-state index in [9.17, 15) is 8.42 Å². The maximum Gasteiger partial charge on any atom is 0.241 e. The van der Waals surface area contributed by atoms with Crippen molar-refractivity contribution in [1.82, 2.24) is 9.71 Å². The van der Waals surface area contributed by atoms with Crippen LogP contribution in [0.4, 0.5) is 0 Å². The van der Waals surface area contributed by atoms with Crippen molar-refractivity contribution >= 4 is 10.0 Å². The molecule has 0 aliphatic heterocycles. The highest BCUT2D eigenvalue weighted by Gasteiger charge is 2.13. The Morgan fingerprint density at radius 3 is 2.70 bits per heavy atom. The lowest BCUT2D eigenvalue weighted by Gasteiger charge is -2.06. The lowest BCUT2D eigenvalue weighted by Crippen LogP contribution is -2.24. The van der Waals surface area contributed by atoms with Gasteiger partial charge in [-0.2, -0.15) is 4.72 Å². The molecule has 0 amide bonds. The van der Waals surface area contributed by atoms with E-state index in [1.165, 1.54) is 0 Å². The van der Waals surface area contributed by atoms with E-state index in [0.29, 0.717) is 5.75 Å². The van der Waals surface area contributed by atoms with E-state index in [1.807, 2.05) is 13.8 Å². The highest BCUT2D eigenvalue weighted by Crippen LogP contribution is 2.14. The summed E-state index contributed by atoms with van der Waals surface area (Å²) in [6.45, 7) is 4.03. The molecular weight excluding hydrogens is 312 g/mol. The van der Waals surface area contributed by atoms with Crippen molar-refractivity contribution < 1.29 is 13.2 Å². The van der Waals surface area contributed by atoms with Gasteiger partial charge in [0.1, 0.15) is 12.4 Å². The normalized spacial score (nSPS) is 10.7. The first-order valence-electron chi connectivity index (χ1n) is 7.04. The Labute approximate surface area is 136 Å². The maximum absolute atomic E-state index is 12.1. The average Bonchev–Trinajstić information content (AvgIpc) is 2.54. The number of pyridine rings is 1. The van der Waals surface area contributed by atoms with Crippen LogP contribution in [0.15, 0.2) is 47.6 Å². The summed E-state index contributed by atoms with van der Waals surface area (Å²) in [4.78, 5) is 4.16. The molecule has 2 aromatic rings. The molecule has 0 fully saturated rings. The fraction of sp³-hybridized carbons (Fsp3) is 0.235. The van der Waals surface area contributed by atoms with Gasteiger partial charge in [0.15, 0.2) is 0 Å². The van der Waals surface area contributed by atoms with E-state index in [2.05, 4.69) is 21.5 Å². The highest BCUT2D eigenvalue weighted by atomic mass is 32.2. The Balaban J connectivity index is 1.85. The minimum absolute atomic E-state index is 0.0334. The molecule has 0 aliphatic rings. The maximum atomic E-state index is 12.1. The summed E-state index contributed by atoms with van der Waals surface area (Å²) in [5, 5.41) is 0. The summed E-state index contributed by atoms with van der Waals surface area (Å²) < 4.78 is 32.1. The number of sulfonamides is 1. The molecule has 1 aromatic carbocycles. The average molecular weight is 330 g/mol. The van der Waals surface area contributed by atoms with Crippen LogP contribution in [0, 0.1) is 25.7 Å². The van der Waals surface area contributed by atoms with Crippen molar-refractivity contribution in [3.05, 3.63) is 53.9 Å². The molecule has 1 aromatic heterocycles. The largest absolute Gasteiger partial charge is 0.479 e. The third-order valence-electron chi connectivity index (χ3n) is 3.21. The van der Waals surface area contributed by atoms with E-state index in [0.717, 1.165) is 11.1 Å². The summed E-state index contributed by atoms with van der Waals surface area (Å²) in [5.74, 6) is 6.10. The predicted molar refractivity (Wildman–Crippen MR) is 88.6 cm³/mol. The van der Waals surface area contributed by atoms with Crippen molar-refractivity contribution in [3.8, 4) is 17.6 Å². The number of nitrogens with one attached hydrogen (secondary N) is 1. The Hall–Kier alpha value is -2.36. The molecule has 0 unspecified atom stereocenters. The van der Waals surface area contributed by atoms with Crippen molar-refractivity contribution in [2.45, 2.75) is 18.7 Å². The van der Waals surface area contributed by atoms with Crippen LogP contribution in [0.5, 0.6) is 5.75 Å². The number of benzene rings is 1. The molecule has 2 rings (SSSR count). The Kier molecular flexibility index (Phi) is 5.74. The molecule has 23 heavy (non-hydrogen) atoms. The third-order valence-corrected chi connectivity index (χ3v) is 4.61. The monoisotopic (exact) mass is 330 g/mol. The first-order chi connectivity index (χ1) is 11.0. The smallest absolute Gasteiger partial charge is 0.241 e. The summed E-state index contributed by atoms with van der Waals surface area (Å²) in [6, 6.07) is 8.56. The SMILES string of the molecule is Cc1ccc(S(=O)(=O)NCC#CCOc2cccnc2)cc1C. The van der Waals surface area contributed by atoms with Crippen LogP contribution in [-0.4, -0.2) is 26.6 Å². The molecule has 6 heteroatoms. The second-order valence-corrected chi connectivity index (χ2v) is 6.67. The topological polar surface area (TPSA) is 68.3 Å². The van der Waals surface area contributed by atoms with Crippen LogP contribution in [0.25, 0.3) is 0 Å². The van der Waals surface area contributed by atoms with Crippen molar-refractivity contribution in [2.75, 3.05) is 13.2 Å². The van der Waals surface area contributed by atoms with Crippen LogP contribution in [0.2, 0.25) is 0 Å². The van der Waals surface area contributed by atoms with Gasteiger partial charge in [-0.15, -0.1) is 0 Å². The van der Waals surface area contributed by atoms with Crippen LogP contribution >= 0.6 is 0 Å². The number of hydrogen-bond donors (Lipinski definition) is 1. The quantitative estimate of drug-likeness (QED) is 0.852. The highest BCUT2D eigenvalue weighted by molar-refractivity contribution is 7.89. The second-order valence-electron chi connectivity index (χ2n) is 4.90. The van der Waals surface area contributed by atoms with Gasteiger partial charge in [0, 0.05) is 6.20 Å². The Morgan fingerprint density at radius 2 is 2.00 bits per heavy atom. The summed E-state index contributed by atoms with van der Waals surface area (Å²) in [7, 11) is -3.54. The standard InChI is InChI=1S/C17H18N2O3S/c1-14-7-8-17(12-15(14)2)23(20,21)19-10-3-4-11-22-16-6-5-9-18-13-16/h5-9,12-13,19H,10-11H2,1-2H3. The van der Waals surface area contributed by atoms with Gasteiger partial charge in [-0.3, -0.25) is 4.98 Å². The summed E-state index contributed by atoms with van der Waals surface area (Å²) in [5.41, 5.74) is 1.99. The zero-order valence-electron chi connectivity index (χ0n) is 13.0. The zero-order valence-corrected chi connectivity index (χ0v) is 13.9. The number of rotatable bonds is 5. The van der Waals surface area contributed by atoms with E-state index in [4.69, 9.17) is 4.74 Å². The lowest BCUT2D eigenvalue weighted by molar-refractivity contribution is 0.368. The number of ether oxygens (including phenoxy) is 1. The molecule has 0 saturated heterocycles. The number of aromatic nitrogens is 1. The van der Waals surface area contributed by atoms with Gasteiger partial charge in [-0.25, -0.2) is 8.42 Å². The molecule has 1 heterocycles. The third kappa shape index (κ3) is 5.09. The van der Waals surface area contributed by atoms with Crippen LogP contribution in [0.1, 0.15) is 11.1 Å². The van der Waals surface area contributed by atoms with Gasteiger partial charge in [-0.1, -0.05) is 17.9 Å². The minimum Gasteiger partial charge on any atom is -0.479 e. The summed E-state index contributed by atoms with van der Waals surface area (Å²) >= 11 is 0. The summed E-state index contributed by atoms with van der Waals surface area (Å²) in [6.07, 6.45) is 3.24. The molecule has 0 spiro atoms. The Morgan fingerprint density at radius 1 is 1.17 bits per heavy atom. The van der Waals surface area contributed by atoms with Crippen molar-refractivity contribution in [2.24, 2.45) is 0 Å². The first kappa shape index (κ1) is 17.0. The van der Waals surface area contributed by atoms with Crippen LogP contribution < -0.4 is 9.46 Å². The zero-order chi connectivity index (χ0) is 16.7. The number of hydrogen-bond acceptors (Lipinski definition) is 4. The first-order valence-corrected chi connectivity index (χ1v) is 8.53. The molecule has 1 N–H and O–H groups in total. The van der Waals surface area contributed by atoms with E-state index >= 15 is 0 Å². The minimum atomic E-state index is -3.54. The van der Waals surface area contributed by atoms with Crippen LogP contribution in [-0.2, 0) is 10.0 Å². The fourth-order valence-corrected chi connectivity index (χ4v) is 2.77. The van der Waals surface area contributed by atoms with Gasteiger partial charge < -0.3 is 4.74 Å². The molecule has 120 valence electrons. The van der Waals surface area contributed by atoms with E-state index in [1.54, 1.807) is 42.7 Å². The number of aryl methyl sites for hydroxylation is 2. The van der Waals surface area contributed by atoms with E-state index < -0.39 is 10.0 Å². The lowest BCUT2D eigenvalue weighted by atomic mass is 10.1. The Bertz CT molecular complexity index is 822. The van der Waals surface area contributed by atoms with Gasteiger partial charge in [-0.05, 0) is 49.2 Å². The van der Waals surface area contributed by atoms with Crippen LogP contribution in [0.3, 0.4) is 0 Å². The van der Waals surface area contributed by atoms with Gasteiger partial charge in [0.05, 0.1) is 17.6 Å². The molecule has 0 saturated carbocycles. The molecule has 0 radical (unpaired) electrons.